The van der Waals surface area contributed by atoms with Crippen LogP contribution in [0.3, 0.4) is 0 Å². The fraction of sp³-hybridized carbons (Fsp3) is 0.500. The Labute approximate surface area is 178 Å². The van der Waals surface area contributed by atoms with Gasteiger partial charge in [0.15, 0.2) is 5.82 Å². The summed E-state index contributed by atoms with van der Waals surface area (Å²) >= 11 is 0. The normalized spacial score (nSPS) is 17.2. The number of anilines is 5. The van der Waals surface area contributed by atoms with Gasteiger partial charge in [-0.3, -0.25) is 9.91 Å². The van der Waals surface area contributed by atoms with Crippen molar-refractivity contribution in [3.05, 3.63) is 30.5 Å². The third-order valence-electron chi connectivity index (χ3n) is 5.96. The number of benzene rings is 1. The molecule has 2 aliphatic rings. The minimum atomic E-state index is -0.0286. The van der Waals surface area contributed by atoms with E-state index in [9.17, 15) is 4.79 Å². The van der Waals surface area contributed by atoms with Gasteiger partial charge < -0.3 is 10.2 Å². The number of nitrogens with zero attached hydrogens (tertiary/aromatic N) is 6. The number of hydrogen-bond acceptors (Lipinski definition) is 6. The first-order valence-corrected chi connectivity index (χ1v) is 10.8. The van der Waals surface area contributed by atoms with Gasteiger partial charge in [-0.1, -0.05) is 19.3 Å². The summed E-state index contributed by atoms with van der Waals surface area (Å²) in [5, 5.41) is 7.26. The summed E-state index contributed by atoms with van der Waals surface area (Å²) in [6.45, 7) is 2.62. The lowest BCUT2D eigenvalue weighted by atomic mass is 9.94. The van der Waals surface area contributed by atoms with E-state index >= 15 is 0 Å². The molecule has 8 nitrogen and oxygen atoms in total. The highest BCUT2D eigenvalue weighted by molar-refractivity contribution is 5.98. The van der Waals surface area contributed by atoms with Crippen LogP contribution in [0.1, 0.15) is 39.0 Å². The largest absolute Gasteiger partial charge is 0.378 e. The molecular weight excluding hydrogens is 378 g/mol. The molecule has 0 unspecified atom stereocenters. The molecule has 1 N–H and O–H groups in total. The maximum absolute atomic E-state index is 13.0. The lowest BCUT2D eigenvalue weighted by molar-refractivity contribution is 0.184. The number of fused-ring (bicyclic) bond motifs is 1. The van der Waals surface area contributed by atoms with Gasteiger partial charge in [0.2, 0.25) is 5.95 Å². The Morgan fingerprint density at radius 1 is 1.13 bits per heavy atom. The maximum atomic E-state index is 13.0. The van der Waals surface area contributed by atoms with E-state index in [1.165, 1.54) is 19.3 Å². The van der Waals surface area contributed by atoms with Crippen LogP contribution in [0.15, 0.2) is 30.5 Å². The lowest BCUT2D eigenvalue weighted by Crippen LogP contribution is -2.59. The Balaban J connectivity index is 1.67. The van der Waals surface area contributed by atoms with Gasteiger partial charge in [-0.2, -0.15) is 4.98 Å². The van der Waals surface area contributed by atoms with E-state index in [0.29, 0.717) is 12.5 Å². The molecule has 1 aliphatic heterocycles. The molecule has 30 heavy (non-hydrogen) atoms. The molecule has 2 aromatic rings. The minimum absolute atomic E-state index is 0.0286. The summed E-state index contributed by atoms with van der Waals surface area (Å²) in [5.74, 6) is 1.33. The van der Waals surface area contributed by atoms with Gasteiger partial charge in [-0.15, -0.1) is 0 Å². The van der Waals surface area contributed by atoms with E-state index in [0.717, 1.165) is 35.7 Å². The second-order valence-electron chi connectivity index (χ2n) is 8.16. The van der Waals surface area contributed by atoms with Crippen molar-refractivity contribution in [1.82, 2.24) is 15.0 Å². The second kappa shape index (κ2) is 8.38. The van der Waals surface area contributed by atoms with Gasteiger partial charge in [0, 0.05) is 39.1 Å². The van der Waals surface area contributed by atoms with Gasteiger partial charge in [0.05, 0.1) is 12.2 Å². The quantitative estimate of drug-likeness (QED) is 0.797. The minimum Gasteiger partial charge on any atom is -0.378 e. The van der Waals surface area contributed by atoms with Crippen LogP contribution in [-0.2, 0) is 0 Å². The molecule has 1 aliphatic carbocycles. The second-order valence-corrected chi connectivity index (χ2v) is 8.16. The average Bonchev–Trinajstić information content (AvgIpc) is 2.77. The summed E-state index contributed by atoms with van der Waals surface area (Å²) < 4.78 is 0. The van der Waals surface area contributed by atoms with E-state index in [4.69, 9.17) is 4.98 Å². The number of carbonyl (C=O) groups is 1. The highest BCUT2D eigenvalue weighted by Crippen LogP contribution is 2.38. The van der Waals surface area contributed by atoms with Crippen LogP contribution in [-0.4, -0.2) is 54.7 Å². The summed E-state index contributed by atoms with van der Waals surface area (Å²) in [5.41, 5.74) is 2.82. The molecule has 0 spiro atoms. The van der Waals surface area contributed by atoms with E-state index in [2.05, 4.69) is 32.3 Å². The van der Waals surface area contributed by atoms with Crippen molar-refractivity contribution >= 4 is 34.9 Å². The van der Waals surface area contributed by atoms with Crippen molar-refractivity contribution in [3.8, 4) is 0 Å². The third-order valence-corrected chi connectivity index (χ3v) is 5.96. The molecule has 4 rings (SSSR count). The summed E-state index contributed by atoms with van der Waals surface area (Å²) in [6.07, 6.45) is 7.53. The number of hydrogen-bond donors (Lipinski definition) is 1. The van der Waals surface area contributed by atoms with E-state index in [-0.39, 0.29) is 12.1 Å². The molecule has 2 heterocycles. The molecule has 0 saturated heterocycles. The smallest absolute Gasteiger partial charge is 0.343 e. The van der Waals surface area contributed by atoms with Gasteiger partial charge in [0.25, 0.3) is 0 Å². The maximum Gasteiger partial charge on any atom is 0.343 e. The highest BCUT2D eigenvalue weighted by atomic mass is 16.2. The molecule has 160 valence electrons. The summed E-state index contributed by atoms with van der Waals surface area (Å²) in [7, 11) is 5.83. The van der Waals surface area contributed by atoms with Crippen LogP contribution in [0, 0.1) is 0 Å². The molecule has 2 amide bonds. The number of rotatable bonds is 5. The monoisotopic (exact) mass is 409 g/mol. The Kier molecular flexibility index (Phi) is 5.65. The first-order chi connectivity index (χ1) is 14.5. The molecule has 0 radical (unpaired) electrons. The van der Waals surface area contributed by atoms with Crippen LogP contribution < -0.4 is 20.1 Å². The van der Waals surface area contributed by atoms with Crippen molar-refractivity contribution < 1.29 is 4.79 Å². The predicted octanol–water partition coefficient (Wildman–Crippen LogP) is 4.23. The number of carbonyl (C=O) groups excluding carboxylic acids is 1. The molecular formula is C22H31N7O. The van der Waals surface area contributed by atoms with Crippen LogP contribution in [0.2, 0.25) is 0 Å². The zero-order chi connectivity index (χ0) is 21.3. The fourth-order valence-electron chi connectivity index (χ4n) is 4.27. The average molecular weight is 410 g/mol. The van der Waals surface area contributed by atoms with Crippen molar-refractivity contribution in [2.45, 2.75) is 45.1 Å². The van der Waals surface area contributed by atoms with Gasteiger partial charge in [-0.05, 0) is 44.0 Å². The number of urea groups is 1. The first-order valence-electron chi connectivity index (χ1n) is 10.8. The molecule has 1 fully saturated rings. The zero-order valence-electron chi connectivity index (χ0n) is 18.3. The van der Waals surface area contributed by atoms with Crippen molar-refractivity contribution in [2.75, 3.05) is 47.8 Å². The molecule has 0 bridgehead atoms. The number of nitrogens with one attached hydrogen (secondary N) is 1. The fourth-order valence-corrected chi connectivity index (χ4v) is 4.27. The van der Waals surface area contributed by atoms with Crippen molar-refractivity contribution in [3.63, 3.8) is 0 Å². The molecule has 8 heteroatoms. The summed E-state index contributed by atoms with van der Waals surface area (Å²) in [4.78, 5) is 26.0. The van der Waals surface area contributed by atoms with Crippen LogP contribution in [0.25, 0.3) is 0 Å². The number of amides is 2. The zero-order valence-corrected chi connectivity index (χ0v) is 18.3. The van der Waals surface area contributed by atoms with E-state index in [1.54, 1.807) is 18.1 Å². The van der Waals surface area contributed by atoms with E-state index in [1.807, 2.05) is 38.2 Å². The Morgan fingerprint density at radius 3 is 2.47 bits per heavy atom. The number of aromatic nitrogens is 2. The van der Waals surface area contributed by atoms with Gasteiger partial charge >= 0.3 is 6.03 Å². The highest BCUT2D eigenvalue weighted by Gasteiger charge is 2.39. The lowest BCUT2D eigenvalue weighted by Gasteiger charge is -2.47. The third kappa shape index (κ3) is 3.74. The molecule has 0 atom stereocenters. The van der Waals surface area contributed by atoms with Crippen LogP contribution in [0.4, 0.5) is 33.6 Å². The SMILES string of the molecule is CCN1C(=O)N(C)c2cnc(Nc3ccc(N(C)C)cc3)nc2N1C1CCCCC1. The van der Waals surface area contributed by atoms with E-state index < -0.39 is 0 Å². The topological polar surface area (TPSA) is 67.8 Å². The Morgan fingerprint density at radius 2 is 1.83 bits per heavy atom. The predicted molar refractivity (Wildman–Crippen MR) is 122 cm³/mol. The molecule has 1 aromatic heterocycles. The standard InChI is InChI=1S/C22H31N7O/c1-5-28-22(30)27(4)19-15-23-21(24-16-11-13-17(14-12-16)26(2)3)25-20(19)29(28)18-9-7-6-8-10-18/h11-15,18H,5-10H2,1-4H3,(H,23,24,25). The van der Waals surface area contributed by atoms with Crippen molar-refractivity contribution in [1.29, 1.82) is 0 Å². The molecule has 1 saturated carbocycles. The van der Waals surface area contributed by atoms with Crippen LogP contribution in [0.5, 0.6) is 0 Å². The van der Waals surface area contributed by atoms with Crippen LogP contribution >= 0.6 is 0 Å². The Hall–Kier alpha value is -3.03. The van der Waals surface area contributed by atoms with Gasteiger partial charge in [0.1, 0.15) is 5.69 Å². The van der Waals surface area contributed by atoms with Gasteiger partial charge in [-0.25, -0.2) is 14.8 Å². The van der Waals surface area contributed by atoms with Crippen molar-refractivity contribution in [2.24, 2.45) is 0 Å². The first kappa shape index (κ1) is 20.3. The molecule has 1 aromatic carbocycles. The number of hydrazine groups is 1. The Bertz CT molecular complexity index is 893. The summed E-state index contributed by atoms with van der Waals surface area (Å²) in [6, 6.07) is 8.41.